The van der Waals surface area contributed by atoms with E-state index in [1.165, 1.54) is 26.0 Å². The fraction of sp³-hybridized carbons (Fsp3) is 0.350. The van der Waals surface area contributed by atoms with E-state index in [1.807, 2.05) is 0 Å². The molecule has 28 heavy (non-hydrogen) atoms. The summed E-state index contributed by atoms with van der Waals surface area (Å²) in [6, 6.07) is 9.11. The van der Waals surface area contributed by atoms with Crippen molar-refractivity contribution in [2.24, 2.45) is 0 Å². The van der Waals surface area contributed by atoms with Gasteiger partial charge in [-0.3, -0.25) is 4.72 Å². The highest BCUT2D eigenvalue weighted by molar-refractivity contribution is 7.92. The zero-order valence-electron chi connectivity index (χ0n) is 15.9. The second-order valence-electron chi connectivity index (χ2n) is 6.40. The number of anilines is 1. The Morgan fingerprint density at radius 3 is 2.39 bits per heavy atom. The van der Waals surface area contributed by atoms with Crippen LogP contribution in [0.4, 0.5) is 5.69 Å². The molecule has 0 aliphatic heterocycles. The van der Waals surface area contributed by atoms with Crippen molar-refractivity contribution in [2.45, 2.75) is 43.9 Å². The Bertz CT molecular complexity index is 926. The lowest BCUT2D eigenvalue weighted by Gasteiger charge is -2.13. The molecular weight excluding hydrogens is 402 g/mol. The van der Waals surface area contributed by atoms with Gasteiger partial charge < -0.3 is 9.84 Å². The van der Waals surface area contributed by atoms with Crippen molar-refractivity contribution >= 4 is 33.3 Å². The van der Waals surface area contributed by atoms with Crippen LogP contribution in [0.2, 0.25) is 5.02 Å². The van der Waals surface area contributed by atoms with Crippen LogP contribution in [0.25, 0.3) is 0 Å². The molecule has 0 saturated heterocycles. The van der Waals surface area contributed by atoms with E-state index < -0.39 is 16.0 Å². The summed E-state index contributed by atoms with van der Waals surface area (Å²) in [7, 11) is -2.58. The molecule has 0 aliphatic rings. The van der Waals surface area contributed by atoms with Gasteiger partial charge in [-0.2, -0.15) is 0 Å². The first kappa shape index (κ1) is 22.0. The lowest BCUT2D eigenvalue weighted by Crippen LogP contribution is -2.14. The van der Waals surface area contributed by atoms with Crippen molar-refractivity contribution in [3.63, 3.8) is 0 Å². The van der Waals surface area contributed by atoms with Gasteiger partial charge in [0.25, 0.3) is 10.0 Å². The van der Waals surface area contributed by atoms with Crippen LogP contribution < -0.4 is 9.46 Å². The van der Waals surface area contributed by atoms with Crippen LogP contribution in [-0.2, 0) is 16.4 Å². The average Bonchev–Trinajstić information content (AvgIpc) is 2.66. The number of nitrogens with one attached hydrogen (secondary N) is 1. The summed E-state index contributed by atoms with van der Waals surface area (Å²) >= 11 is 6.06. The van der Waals surface area contributed by atoms with Gasteiger partial charge in [0.2, 0.25) is 0 Å². The number of sulfonamides is 1. The predicted molar refractivity (Wildman–Crippen MR) is 110 cm³/mol. The topological polar surface area (TPSA) is 92.7 Å². The molecule has 152 valence electrons. The number of carbonyl (C=O) groups is 1. The first-order chi connectivity index (χ1) is 13.3. The van der Waals surface area contributed by atoms with Gasteiger partial charge >= 0.3 is 5.97 Å². The Morgan fingerprint density at radius 1 is 1.14 bits per heavy atom. The minimum atomic E-state index is -3.88. The first-order valence-corrected chi connectivity index (χ1v) is 10.9. The second kappa shape index (κ2) is 9.80. The maximum absolute atomic E-state index is 12.7. The molecule has 0 unspecified atom stereocenters. The molecular formula is C20H24ClNO5S. The van der Waals surface area contributed by atoms with Gasteiger partial charge in [-0.15, -0.1) is 0 Å². The summed E-state index contributed by atoms with van der Waals surface area (Å²) in [5.74, 6) is -1.21. The number of aromatic carboxylic acids is 1. The summed E-state index contributed by atoms with van der Waals surface area (Å²) < 4.78 is 32.7. The molecule has 0 aliphatic carbocycles. The van der Waals surface area contributed by atoms with E-state index in [1.54, 1.807) is 24.3 Å². The third kappa shape index (κ3) is 5.62. The molecule has 0 bridgehead atoms. The lowest BCUT2D eigenvalue weighted by atomic mass is 10.1. The van der Waals surface area contributed by atoms with E-state index >= 15 is 0 Å². The molecule has 0 spiro atoms. The fourth-order valence-corrected chi connectivity index (χ4v) is 4.10. The van der Waals surface area contributed by atoms with Crippen LogP contribution in [0.1, 0.15) is 48.5 Å². The van der Waals surface area contributed by atoms with Gasteiger partial charge in [-0.05, 0) is 36.6 Å². The smallest absolute Gasteiger partial charge is 0.339 e. The van der Waals surface area contributed by atoms with Gasteiger partial charge in [-0.25, -0.2) is 13.2 Å². The quantitative estimate of drug-likeness (QED) is 0.524. The van der Waals surface area contributed by atoms with Crippen LogP contribution in [0.5, 0.6) is 5.75 Å². The molecule has 0 heterocycles. The normalized spacial score (nSPS) is 11.2. The standard InChI is InChI=1S/C20H24ClNO5S/c1-3-4-5-6-7-14-8-10-15(11-9-14)28(25,26)22-18-13-19(27-2)16(20(23)24)12-17(18)21/h8-13,22H,3-7H2,1-2H3,(H,23,24). The molecule has 0 saturated carbocycles. The van der Waals surface area contributed by atoms with E-state index in [9.17, 15) is 13.2 Å². The van der Waals surface area contributed by atoms with E-state index in [0.717, 1.165) is 30.9 Å². The summed E-state index contributed by atoms with van der Waals surface area (Å²) in [6.45, 7) is 2.16. The Balaban J connectivity index is 2.18. The Kier molecular flexibility index (Phi) is 7.71. The van der Waals surface area contributed by atoms with Gasteiger partial charge in [-0.1, -0.05) is 49.9 Å². The number of unbranched alkanes of at least 4 members (excludes halogenated alkanes) is 3. The van der Waals surface area contributed by atoms with Crippen molar-refractivity contribution in [3.05, 3.63) is 52.5 Å². The zero-order valence-corrected chi connectivity index (χ0v) is 17.4. The maximum atomic E-state index is 12.7. The van der Waals surface area contributed by atoms with Crippen molar-refractivity contribution in [3.8, 4) is 5.75 Å². The molecule has 0 radical (unpaired) electrons. The molecule has 0 aromatic heterocycles. The third-order valence-electron chi connectivity index (χ3n) is 4.32. The summed E-state index contributed by atoms with van der Waals surface area (Å²) in [4.78, 5) is 11.3. The van der Waals surface area contributed by atoms with Crippen LogP contribution >= 0.6 is 11.6 Å². The predicted octanol–water partition coefficient (Wildman–Crippen LogP) is 4.97. The molecule has 2 aromatic rings. The van der Waals surface area contributed by atoms with E-state index in [-0.39, 0.29) is 26.9 Å². The fourth-order valence-electron chi connectivity index (χ4n) is 2.76. The van der Waals surface area contributed by atoms with Gasteiger partial charge in [0.15, 0.2) is 0 Å². The number of methoxy groups -OCH3 is 1. The highest BCUT2D eigenvalue weighted by Crippen LogP contribution is 2.32. The van der Waals surface area contributed by atoms with E-state index in [4.69, 9.17) is 21.4 Å². The number of hydrogen-bond donors (Lipinski definition) is 2. The SMILES string of the molecule is CCCCCCc1ccc(S(=O)(=O)Nc2cc(OC)c(C(=O)O)cc2Cl)cc1. The summed E-state index contributed by atoms with van der Waals surface area (Å²) in [6.07, 6.45) is 5.51. The van der Waals surface area contributed by atoms with Gasteiger partial charge in [0.1, 0.15) is 11.3 Å². The molecule has 8 heteroatoms. The van der Waals surface area contributed by atoms with Gasteiger partial charge in [0, 0.05) is 6.07 Å². The second-order valence-corrected chi connectivity index (χ2v) is 8.49. The number of ether oxygens (including phenoxy) is 1. The molecule has 2 rings (SSSR count). The summed E-state index contributed by atoms with van der Waals surface area (Å²) in [5.41, 5.74) is 0.982. The largest absolute Gasteiger partial charge is 0.496 e. The van der Waals surface area contributed by atoms with Crippen molar-refractivity contribution in [1.82, 2.24) is 0 Å². The number of aryl methyl sites for hydroxylation is 1. The van der Waals surface area contributed by atoms with Gasteiger partial charge in [0.05, 0.1) is 22.7 Å². The van der Waals surface area contributed by atoms with Crippen LogP contribution in [-0.4, -0.2) is 26.6 Å². The highest BCUT2D eigenvalue weighted by atomic mass is 35.5. The lowest BCUT2D eigenvalue weighted by molar-refractivity contribution is 0.0693. The molecule has 0 atom stereocenters. The number of carboxylic acids is 1. The zero-order chi connectivity index (χ0) is 20.7. The number of carboxylic acid groups (broad SMARTS) is 1. The van der Waals surface area contributed by atoms with Crippen molar-refractivity contribution in [2.75, 3.05) is 11.8 Å². The monoisotopic (exact) mass is 425 g/mol. The number of benzene rings is 2. The van der Waals surface area contributed by atoms with Crippen molar-refractivity contribution < 1.29 is 23.1 Å². The average molecular weight is 426 g/mol. The maximum Gasteiger partial charge on any atom is 0.339 e. The first-order valence-electron chi connectivity index (χ1n) is 9.01. The van der Waals surface area contributed by atoms with Crippen LogP contribution in [0, 0.1) is 0 Å². The minimum absolute atomic E-state index is 0.0111. The van der Waals surface area contributed by atoms with Crippen LogP contribution in [0.15, 0.2) is 41.3 Å². The number of hydrogen-bond acceptors (Lipinski definition) is 4. The van der Waals surface area contributed by atoms with Crippen molar-refractivity contribution in [1.29, 1.82) is 0 Å². The Morgan fingerprint density at radius 2 is 1.82 bits per heavy atom. The van der Waals surface area contributed by atoms with E-state index in [2.05, 4.69) is 11.6 Å². The van der Waals surface area contributed by atoms with Crippen LogP contribution in [0.3, 0.4) is 0 Å². The Hall–Kier alpha value is -2.25. The molecule has 0 fully saturated rings. The molecule has 6 nitrogen and oxygen atoms in total. The third-order valence-corrected chi connectivity index (χ3v) is 6.01. The molecule has 2 N–H and O–H groups in total. The number of rotatable bonds is 10. The molecule has 0 amide bonds. The highest BCUT2D eigenvalue weighted by Gasteiger charge is 2.20. The molecule has 2 aromatic carbocycles. The minimum Gasteiger partial charge on any atom is -0.496 e. The number of halogens is 1. The summed E-state index contributed by atoms with van der Waals surface area (Å²) in [5, 5.41) is 9.13. The van der Waals surface area contributed by atoms with E-state index in [0.29, 0.717) is 0 Å². The Labute approximate surface area is 170 Å².